The van der Waals surface area contributed by atoms with E-state index >= 15 is 0 Å². The normalized spacial score (nSPS) is 11.1. The van der Waals surface area contributed by atoms with E-state index < -0.39 is 6.55 Å². The maximum absolute atomic E-state index is 12.7. The summed E-state index contributed by atoms with van der Waals surface area (Å²) in [5.74, 6) is 0.286. The average Bonchev–Trinajstić information content (AvgIpc) is 3.08. The molecule has 1 aromatic carbocycles. The highest BCUT2D eigenvalue weighted by molar-refractivity contribution is 5.55. The Morgan fingerprint density at radius 2 is 1.74 bits per heavy atom. The third-order valence-electron chi connectivity index (χ3n) is 2.52. The summed E-state index contributed by atoms with van der Waals surface area (Å²) < 4.78 is 31.3. The lowest BCUT2D eigenvalue weighted by atomic mass is 10.2. The molecule has 0 aliphatic heterocycles. The minimum absolute atomic E-state index is 0.0108. The van der Waals surface area contributed by atoms with Crippen molar-refractivity contribution in [3.05, 3.63) is 42.6 Å². The van der Waals surface area contributed by atoms with Crippen molar-refractivity contribution in [2.24, 2.45) is 0 Å². The fourth-order valence-corrected chi connectivity index (χ4v) is 1.66. The molecule has 0 radical (unpaired) electrons. The first-order valence-electron chi connectivity index (χ1n) is 5.46. The molecule has 5 nitrogen and oxygen atoms in total. The molecule has 0 saturated carbocycles. The van der Waals surface area contributed by atoms with Gasteiger partial charge in [-0.25, -0.2) is 0 Å². The predicted octanol–water partition coefficient (Wildman–Crippen LogP) is 3.00. The molecule has 2 aromatic heterocycles. The molecule has 0 saturated heterocycles. The molecule has 0 amide bonds. The lowest BCUT2D eigenvalue weighted by Crippen LogP contribution is -2.02. The summed E-state index contributed by atoms with van der Waals surface area (Å²) in [6, 6.07) is 10.5. The first-order chi connectivity index (χ1) is 9.25. The van der Waals surface area contributed by atoms with E-state index in [1.54, 1.807) is 12.1 Å². The van der Waals surface area contributed by atoms with Crippen molar-refractivity contribution in [2.45, 2.75) is 6.55 Å². The molecule has 3 aromatic rings. The molecule has 19 heavy (non-hydrogen) atoms. The minimum Gasteiger partial charge on any atom is -0.415 e. The molecular formula is C12H8F2N4O. The van der Waals surface area contributed by atoms with Gasteiger partial charge >= 0.3 is 6.55 Å². The molecule has 0 N–H and O–H groups in total. The van der Waals surface area contributed by atoms with Gasteiger partial charge in [-0.15, -0.1) is 10.2 Å². The zero-order chi connectivity index (χ0) is 13.2. The predicted molar refractivity (Wildman–Crippen MR) is 62.2 cm³/mol. The van der Waals surface area contributed by atoms with Crippen LogP contribution in [-0.2, 0) is 0 Å². The van der Waals surface area contributed by atoms with Gasteiger partial charge in [0.15, 0.2) is 0 Å². The second-order valence-electron chi connectivity index (χ2n) is 3.72. The number of rotatable bonds is 3. The molecule has 0 aliphatic rings. The Balaban J connectivity index is 2.00. The van der Waals surface area contributed by atoms with Crippen molar-refractivity contribution in [3.8, 4) is 23.0 Å². The molecule has 0 bridgehead atoms. The Labute approximate surface area is 106 Å². The van der Waals surface area contributed by atoms with E-state index in [0.29, 0.717) is 4.68 Å². The van der Waals surface area contributed by atoms with Crippen LogP contribution >= 0.6 is 0 Å². The maximum Gasteiger partial charge on any atom is 0.333 e. The van der Waals surface area contributed by atoms with Crippen LogP contribution in [0, 0.1) is 0 Å². The van der Waals surface area contributed by atoms with Gasteiger partial charge in [-0.05, 0) is 18.2 Å². The van der Waals surface area contributed by atoms with Crippen LogP contribution in [0.5, 0.6) is 0 Å². The van der Waals surface area contributed by atoms with Crippen LogP contribution in [0.3, 0.4) is 0 Å². The first kappa shape index (κ1) is 11.5. The standard InChI is InChI=1S/C12H8F2N4O/c13-12(14)18-9(6-7-15-18)11-17-16-10(19-11)8-4-2-1-3-5-8/h1-7,12H. The second kappa shape index (κ2) is 4.60. The van der Waals surface area contributed by atoms with Gasteiger partial charge in [-0.3, -0.25) is 0 Å². The highest BCUT2D eigenvalue weighted by Crippen LogP contribution is 2.25. The van der Waals surface area contributed by atoms with Crippen molar-refractivity contribution in [1.82, 2.24) is 20.0 Å². The van der Waals surface area contributed by atoms with Gasteiger partial charge in [0.2, 0.25) is 5.89 Å². The van der Waals surface area contributed by atoms with Crippen LogP contribution in [0.25, 0.3) is 23.0 Å². The Hall–Kier alpha value is -2.57. The fraction of sp³-hybridized carbons (Fsp3) is 0.0833. The fourth-order valence-electron chi connectivity index (χ4n) is 1.66. The zero-order valence-electron chi connectivity index (χ0n) is 9.57. The molecule has 7 heteroatoms. The van der Waals surface area contributed by atoms with Gasteiger partial charge in [-0.2, -0.15) is 18.6 Å². The molecule has 0 fully saturated rings. The lowest BCUT2D eigenvalue weighted by Gasteiger charge is -2.01. The topological polar surface area (TPSA) is 56.7 Å². The van der Waals surface area contributed by atoms with Crippen molar-refractivity contribution in [1.29, 1.82) is 0 Å². The molecule has 0 aliphatic carbocycles. The Kier molecular flexibility index (Phi) is 2.79. The molecule has 0 spiro atoms. The number of nitrogens with zero attached hydrogens (tertiary/aromatic N) is 4. The number of hydrogen-bond acceptors (Lipinski definition) is 4. The van der Waals surface area contributed by atoms with Gasteiger partial charge in [0.1, 0.15) is 5.69 Å². The first-order valence-corrected chi connectivity index (χ1v) is 5.46. The number of aromatic nitrogens is 4. The molecule has 0 atom stereocenters. The Morgan fingerprint density at radius 1 is 1.00 bits per heavy atom. The molecule has 96 valence electrons. The van der Waals surface area contributed by atoms with E-state index in [4.69, 9.17) is 4.42 Å². The van der Waals surface area contributed by atoms with E-state index in [2.05, 4.69) is 15.3 Å². The van der Waals surface area contributed by atoms with Gasteiger partial charge in [0.25, 0.3) is 5.89 Å². The van der Waals surface area contributed by atoms with Crippen molar-refractivity contribution >= 4 is 0 Å². The van der Waals surface area contributed by atoms with Crippen molar-refractivity contribution in [3.63, 3.8) is 0 Å². The average molecular weight is 262 g/mol. The van der Waals surface area contributed by atoms with Crippen LogP contribution in [0.4, 0.5) is 8.78 Å². The van der Waals surface area contributed by atoms with E-state index in [9.17, 15) is 8.78 Å². The maximum atomic E-state index is 12.7. The smallest absolute Gasteiger partial charge is 0.333 e. The number of alkyl halides is 2. The third-order valence-corrected chi connectivity index (χ3v) is 2.52. The number of benzene rings is 1. The number of halogens is 2. The van der Waals surface area contributed by atoms with Crippen LogP contribution in [0.1, 0.15) is 6.55 Å². The molecular weight excluding hydrogens is 254 g/mol. The highest BCUT2D eigenvalue weighted by atomic mass is 19.3. The minimum atomic E-state index is -2.75. The van der Waals surface area contributed by atoms with Crippen LogP contribution in [0.2, 0.25) is 0 Å². The second-order valence-corrected chi connectivity index (χ2v) is 3.72. The monoisotopic (exact) mass is 262 g/mol. The summed E-state index contributed by atoms with van der Waals surface area (Å²) >= 11 is 0. The molecule has 0 unspecified atom stereocenters. The zero-order valence-corrected chi connectivity index (χ0v) is 9.57. The summed E-state index contributed by atoms with van der Waals surface area (Å²) in [5, 5.41) is 11.1. The van der Waals surface area contributed by atoms with Gasteiger partial charge in [0.05, 0.1) is 0 Å². The van der Waals surface area contributed by atoms with Crippen molar-refractivity contribution in [2.75, 3.05) is 0 Å². The lowest BCUT2D eigenvalue weighted by molar-refractivity contribution is 0.0580. The van der Waals surface area contributed by atoms with E-state index in [1.165, 1.54) is 12.3 Å². The summed E-state index contributed by atoms with van der Waals surface area (Å²) in [6.07, 6.45) is 1.26. The Bertz CT molecular complexity index is 678. The summed E-state index contributed by atoms with van der Waals surface area (Å²) in [6.45, 7) is -2.75. The van der Waals surface area contributed by atoms with Crippen LogP contribution in [-0.4, -0.2) is 20.0 Å². The van der Waals surface area contributed by atoms with Gasteiger partial charge < -0.3 is 4.42 Å². The van der Waals surface area contributed by atoms with Gasteiger partial charge in [0, 0.05) is 11.8 Å². The third kappa shape index (κ3) is 2.10. The van der Waals surface area contributed by atoms with E-state index in [1.807, 2.05) is 18.2 Å². The van der Waals surface area contributed by atoms with Crippen molar-refractivity contribution < 1.29 is 13.2 Å². The SMILES string of the molecule is FC(F)n1nccc1-c1nnc(-c2ccccc2)o1. The van der Waals surface area contributed by atoms with Crippen LogP contribution < -0.4 is 0 Å². The Morgan fingerprint density at radius 3 is 2.47 bits per heavy atom. The molecule has 3 rings (SSSR count). The molecule has 2 heterocycles. The highest BCUT2D eigenvalue weighted by Gasteiger charge is 2.18. The van der Waals surface area contributed by atoms with Gasteiger partial charge in [-0.1, -0.05) is 18.2 Å². The van der Waals surface area contributed by atoms with E-state index in [-0.39, 0.29) is 17.5 Å². The summed E-state index contributed by atoms with van der Waals surface area (Å²) in [7, 11) is 0. The largest absolute Gasteiger partial charge is 0.415 e. The summed E-state index contributed by atoms with van der Waals surface area (Å²) in [4.78, 5) is 0. The number of hydrogen-bond donors (Lipinski definition) is 0. The van der Waals surface area contributed by atoms with E-state index in [0.717, 1.165) is 5.56 Å². The quantitative estimate of drug-likeness (QED) is 0.728. The summed E-state index contributed by atoms with van der Waals surface area (Å²) in [5.41, 5.74) is 0.814. The van der Waals surface area contributed by atoms with Crippen LogP contribution in [0.15, 0.2) is 47.0 Å².